The number of phenols is 1. The van der Waals surface area contributed by atoms with Gasteiger partial charge in [0.2, 0.25) is 0 Å². The third-order valence-corrected chi connectivity index (χ3v) is 2.89. The van der Waals surface area contributed by atoms with Gasteiger partial charge in [0.15, 0.2) is 6.29 Å². The van der Waals surface area contributed by atoms with E-state index in [1.807, 2.05) is 26.8 Å². The number of aliphatic hydroxyl groups is 1. The fourth-order valence-corrected chi connectivity index (χ4v) is 2.09. The molecule has 108 valence electrons. The number of hydrogen-bond acceptors (Lipinski definition) is 3. The first kappa shape index (κ1) is 17.6. The molecule has 0 aliphatic carbocycles. The first-order chi connectivity index (χ1) is 8.59. The van der Waals surface area contributed by atoms with Crippen molar-refractivity contribution in [1.29, 1.82) is 0 Å². The number of carbonyl (C=O) groups is 1. The Morgan fingerprint density at radius 2 is 1.42 bits per heavy atom. The molecule has 0 saturated heterocycles. The Balaban J connectivity index is 0.00000154. The van der Waals surface area contributed by atoms with Crippen molar-refractivity contribution < 1.29 is 15.0 Å². The largest absolute Gasteiger partial charge is 0.507 e. The number of phenolic OH excluding ortho intramolecular Hbond substituents is 1. The van der Waals surface area contributed by atoms with Crippen molar-refractivity contribution in [1.82, 2.24) is 0 Å². The van der Waals surface area contributed by atoms with Crippen LogP contribution in [0, 0.1) is 0 Å². The van der Waals surface area contributed by atoms with Crippen molar-refractivity contribution in [3.05, 3.63) is 28.8 Å². The molecule has 0 aliphatic rings. The number of rotatable bonds is 1. The van der Waals surface area contributed by atoms with E-state index >= 15 is 0 Å². The smallest absolute Gasteiger partial charge is 0.153 e. The van der Waals surface area contributed by atoms with Crippen LogP contribution in [0.15, 0.2) is 12.1 Å². The standard InChI is InChI=1S/C15H22O2.CH4O/c1-14(2,3)11-8-7-10(9-16)13(17)12(11)15(4,5)6;1-2/h7-9,17H,1-6H3;2H,1H3. The second-order valence-corrected chi connectivity index (χ2v) is 6.54. The summed E-state index contributed by atoms with van der Waals surface area (Å²) in [6.45, 7) is 12.5. The van der Waals surface area contributed by atoms with Crippen LogP contribution in [0.25, 0.3) is 0 Å². The molecule has 3 heteroatoms. The van der Waals surface area contributed by atoms with Gasteiger partial charge in [0.25, 0.3) is 0 Å². The van der Waals surface area contributed by atoms with Gasteiger partial charge < -0.3 is 10.2 Å². The predicted molar refractivity (Wildman–Crippen MR) is 79.0 cm³/mol. The van der Waals surface area contributed by atoms with Crippen LogP contribution in [0.4, 0.5) is 0 Å². The Labute approximate surface area is 116 Å². The van der Waals surface area contributed by atoms with Crippen LogP contribution in [0.5, 0.6) is 5.75 Å². The van der Waals surface area contributed by atoms with E-state index < -0.39 is 0 Å². The third kappa shape index (κ3) is 4.06. The minimum atomic E-state index is -0.189. The van der Waals surface area contributed by atoms with E-state index in [1.165, 1.54) is 0 Å². The normalized spacial score (nSPS) is 11.6. The van der Waals surface area contributed by atoms with E-state index in [2.05, 4.69) is 20.8 Å². The maximum absolute atomic E-state index is 10.9. The van der Waals surface area contributed by atoms with E-state index in [9.17, 15) is 9.90 Å². The fourth-order valence-electron chi connectivity index (χ4n) is 2.09. The Morgan fingerprint density at radius 3 is 1.74 bits per heavy atom. The molecule has 0 spiro atoms. The number of aromatic hydroxyl groups is 1. The summed E-state index contributed by atoms with van der Waals surface area (Å²) >= 11 is 0. The van der Waals surface area contributed by atoms with E-state index in [0.29, 0.717) is 11.8 Å². The Hall–Kier alpha value is -1.35. The summed E-state index contributed by atoms with van der Waals surface area (Å²) in [6.07, 6.45) is 0.705. The molecular formula is C16H26O3. The lowest BCUT2D eigenvalue weighted by atomic mass is 9.74. The van der Waals surface area contributed by atoms with E-state index in [1.54, 1.807) is 6.07 Å². The van der Waals surface area contributed by atoms with Crippen molar-refractivity contribution in [3.8, 4) is 5.75 Å². The van der Waals surface area contributed by atoms with Gasteiger partial charge in [-0.05, 0) is 22.5 Å². The minimum Gasteiger partial charge on any atom is -0.507 e. The summed E-state index contributed by atoms with van der Waals surface area (Å²) in [5.74, 6) is 0.125. The third-order valence-electron chi connectivity index (χ3n) is 2.89. The van der Waals surface area contributed by atoms with Crippen LogP contribution in [-0.2, 0) is 10.8 Å². The highest BCUT2D eigenvalue weighted by Crippen LogP contribution is 2.40. The van der Waals surface area contributed by atoms with Gasteiger partial charge in [0.05, 0.1) is 5.56 Å². The summed E-state index contributed by atoms with van der Waals surface area (Å²) in [5.41, 5.74) is 2.08. The summed E-state index contributed by atoms with van der Waals surface area (Å²) < 4.78 is 0. The Morgan fingerprint density at radius 1 is 0.947 bits per heavy atom. The second-order valence-electron chi connectivity index (χ2n) is 6.54. The zero-order valence-electron chi connectivity index (χ0n) is 13.0. The SMILES string of the molecule is CC(C)(C)c1ccc(C=O)c(O)c1C(C)(C)C.CO. The fraction of sp³-hybridized carbons (Fsp3) is 0.562. The van der Waals surface area contributed by atoms with Crippen molar-refractivity contribution in [2.24, 2.45) is 0 Å². The van der Waals surface area contributed by atoms with Gasteiger partial charge in [-0.15, -0.1) is 0 Å². The topological polar surface area (TPSA) is 57.5 Å². The molecule has 0 atom stereocenters. The summed E-state index contributed by atoms with van der Waals surface area (Å²) in [6, 6.07) is 3.64. The lowest BCUT2D eigenvalue weighted by Gasteiger charge is -2.31. The molecule has 1 aromatic rings. The lowest BCUT2D eigenvalue weighted by molar-refractivity contribution is 0.112. The minimum absolute atomic E-state index is 0.0541. The molecule has 0 radical (unpaired) electrons. The van der Waals surface area contributed by atoms with Gasteiger partial charge in [-0.3, -0.25) is 4.79 Å². The molecule has 0 saturated carbocycles. The molecule has 0 unspecified atom stereocenters. The Bertz CT molecular complexity index is 435. The maximum atomic E-state index is 10.9. The average Bonchev–Trinajstić information content (AvgIpc) is 2.28. The number of benzene rings is 1. The number of carbonyl (C=O) groups excluding carboxylic acids is 1. The van der Waals surface area contributed by atoms with Crippen molar-refractivity contribution in [2.75, 3.05) is 7.11 Å². The number of aliphatic hydroxyl groups excluding tert-OH is 1. The van der Waals surface area contributed by atoms with Crippen LogP contribution < -0.4 is 0 Å². The van der Waals surface area contributed by atoms with Gasteiger partial charge in [-0.25, -0.2) is 0 Å². The Kier molecular flexibility index (Phi) is 5.76. The molecular weight excluding hydrogens is 240 g/mol. The first-order valence-corrected chi connectivity index (χ1v) is 6.36. The molecule has 19 heavy (non-hydrogen) atoms. The van der Waals surface area contributed by atoms with Crippen LogP contribution in [0.1, 0.15) is 63.0 Å². The lowest BCUT2D eigenvalue weighted by Crippen LogP contribution is -2.22. The molecule has 3 nitrogen and oxygen atoms in total. The first-order valence-electron chi connectivity index (χ1n) is 6.36. The van der Waals surface area contributed by atoms with Crippen LogP contribution in [0.2, 0.25) is 0 Å². The summed E-state index contributed by atoms with van der Waals surface area (Å²) in [7, 11) is 1.00. The predicted octanol–water partition coefficient (Wildman–Crippen LogP) is 3.41. The van der Waals surface area contributed by atoms with Crippen molar-refractivity contribution >= 4 is 6.29 Å². The molecule has 0 heterocycles. The molecule has 0 bridgehead atoms. The van der Waals surface area contributed by atoms with Gasteiger partial charge in [0, 0.05) is 12.7 Å². The van der Waals surface area contributed by atoms with Crippen LogP contribution >= 0.6 is 0 Å². The van der Waals surface area contributed by atoms with Gasteiger partial charge in [0.1, 0.15) is 5.75 Å². The summed E-state index contributed by atoms with van der Waals surface area (Å²) in [4.78, 5) is 10.9. The summed E-state index contributed by atoms with van der Waals surface area (Å²) in [5, 5.41) is 17.2. The van der Waals surface area contributed by atoms with Gasteiger partial charge in [-0.1, -0.05) is 47.6 Å². The second kappa shape index (κ2) is 6.20. The molecule has 1 aromatic carbocycles. The van der Waals surface area contributed by atoms with E-state index in [-0.39, 0.29) is 16.6 Å². The number of hydrogen-bond donors (Lipinski definition) is 2. The number of aldehydes is 1. The zero-order chi connectivity index (χ0) is 15.4. The zero-order valence-corrected chi connectivity index (χ0v) is 13.0. The molecule has 0 aliphatic heterocycles. The molecule has 0 aromatic heterocycles. The van der Waals surface area contributed by atoms with Gasteiger partial charge >= 0.3 is 0 Å². The van der Waals surface area contributed by atoms with Crippen molar-refractivity contribution in [3.63, 3.8) is 0 Å². The highest BCUT2D eigenvalue weighted by atomic mass is 16.3. The van der Waals surface area contributed by atoms with Crippen molar-refractivity contribution in [2.45, 2.75) is 52.4 Å². The molecule has 2 N–H and O–H groups in total. The molecule has 1 rings (SSSR count). The van der Waals surface area contributed by atoms with E-state index in [4.69, 9.17) is 5.11 Å². The highest BCUT2D eigenvalue weighted by Gasteiger charge is 2.29. The highest BCUT2D eigenvalue weighted by molar-refractivity contribution is 5.81. The van der Waals surface area contributed by atoms with Crippen LogP contribution in [-0.4, -0.2) is 23.6 Å². The quantitative estimate of drug-likeness (QED) is 0.766. The monoisotopic (exact) mass is 266 g/mol. The molecule has 0 fully saturated rings. The van der Waals surface area contributed by atoms with Gasteiger partial charge in [-0.2, -0.15) is 0 Å². The van der Waals surface area contributed by atoms with E-state index in [0.717, 1.165) is 18.2 Å². The molecule has 0 amide bonds. The maximum Gasteiger partial charge on any atom is 0.153 e. The van der Waals surface area contributed by atoms with Crippen LogP contribution in [0.3, 0.4) is 0 Å². The average molecular weight is 266 g/mol.